The molecule has 2 aromatic rings. The molecule has 0 saturated heterocycles. The molecule has 0 atom stereocenters. The van der Waals surface area contributed by atoms with E-state index in [-0.39, 0.29) is 25.3 Å². The van der Waals surface area contributed by atoms with E-state index < -0.39 is 28.3 Å². The first-order valence-corrected chi connectivity index (χ1v) is 7.95. The minimum atomic E-state index is -4.70. The summed E-state index contributed by atoms with van der Waals surface area (Å²) in [5.41, 5.74) is -0.846. The topological polar surface area (TPSA) is 105 Å². The van der Waals surface area contributed by atoms with Gasteiger partial charge in [-0.2, -0.15) is 18.4 Å². The van der Waals surface area contributed by atoms with Gasteiger partial charge in [-0.05, 0) is 29.8 Å². The molecule has 2 rings (SSSR count). The van der Waals surface area contributed by atoms with E-state index in [0.29, 0.717) is 17.2 Å². The Kier molecular flexibility index (Phi) is 6.55. The third kappa shape index (κ3) is 5.70. The second-order valence-corrected chi connectivity index (χ2v) is 5.63. The van der Waals surface area contributed by atoms with Crippen molar-refractivity contribution in [3.8, 4) is 6.07 Å². The predicted octanol–water partition coefficient (Wildman–Crippen LogP) is 4.03. The van der Waals surface area contributed by atoms with Gasteiger partial charge in [0, 0.05) is 12.6 Å². The van der Waals surface area contributed by atoms with Gasteiger partial charge in [-0.25, -0.2) is 0 Å². The lowest BCUT2D eigenvalue weighted by atomic mass is 10.1. The maximum absolute atomic E-state index is 12.7. The Hall–Kier alpha value is -3.61. The van der Waals surface area contributed by atoms with Crippen molar-refractivity contribution < 1.29 is 27.6 Å². The van der Waals surface area contributed by atoms with E-state index in [0.717, 1.165) is 12.1 Å². The number of carbonyl (C=O) groups excluding carboxylic acids is 1. The molecule has 28 heavy (non-hydrogen) atoms. The Labute approximate surface area is 157 Å². The third-order valence-corrected chi connectivity index (χ3v) is 3.65. The van der Waals surface area contributed by atoms with Crippen LogP contribution >= 0.6 is 0 Å². The largest absolute Gasteiger partial charge is 0.461 e. The van der Waals surface area contributed by atoms with Crippen LogP contribution in [0.1, 0.15) is 23.1 Å². The molecule has 7 nitrogen and oxygen atoms in total. The second-order valence-electron chi connectivity index (χ2n) is 5.63. The summed E-state index contributed by atoms with van der Waals surface area (Å²) in [5.74, 6) is -0.591. The van der Waals surface area contributed by atoms with E-state index in [9.17, 15) is 28.1 Å². The average molecular weight is 393 g/mol. The van der Waals surface area contributed by atoms with Gasteiger partial charge in [-0.3, -0.25) is 14.9 Å². The van der Waals surface area contributed by atoms with Crippen molar-refractivity contribution >= 4 is 17.3 Å². The monoisotopic (exact) mass is 393 g/mol. The summed E-state index contributed by atoms with van der Waals surface area (Å²) >= 11 is 0. The molecule has 0 bridgehead atoms. The average Bonchev–Trinajstić information content (AvgIpc) is 2.66. The number of benzene rings is 2. The fourth-order valence-electron chi connectivity index (χ4n) is 2.22. The molecule has 0 aliphatic rings. The Morgan fingerprint density at radius 2 is 1.89 bits per heavy atom. The smallest absolute Gasteiger partial charge is 0.416 e. The number of nitro groups is 1. The van der Waals surface area contributed by atoms with Crippen LogP contribution in [0.3, 0.4) is 0 Å². The van der Waals surface area contributed by atoms with Gasteiger partial charge in [0.2, 0.25) is 0 Å². The Morgan fingerprint density at radius 3 is 2.46 bits per heavy atom. The minimum Gasteiger partial charge on any atom is -0.461 e. The minimum absolute atomic E-state index is 0.00896. The summed E-state index contributed by atoms with van der Waals surface area (Å²) in [5, 5.41) is 22.3. The number of alkyl halides is 3. The zero-order chi connectivity index (χ0) is 20.7. The van der Waals surface area contributed by atoms with E-state index >= 15 is 0 Å². The number of hydrogen-bond acceptors (Lipinski definition) is 6. The lowest BCUT2D eigenvalue weighted by Crippen LogP contribution is -2.13. The summed E-state index contributed by atoms with van der Waals surface area (Å²) in [7, 11) is 0. The molecule has 1 N–H and O–H groups in total. The zero-order valence-electron chi connectivity index (χ0n) is 14.3. The van der Waals surface area contributed by atoms with Crippen molar-refractivity contribution in [3.05, 3.63) is 69.3 Å². The van der Waals surface area contributed by atoms with Gasteiger partial charge < -0.3 is 10.1 Å². The SMILES string of the molecule is N#Cc1ccc(COC(=O)CCNc2ccc(C(F)(F)F)cc2[N+](=O)[O-])cc1. The summed E-state index contributed by atoms with van der Waals surface area (Å²) in [6, 6.07) is 10.5. The molecule has 146 valence electrons. The van der Waals surface area contributed by atoms with Crippen molar-refractivity contribution in [3.63, 3.8) is 0 Å². The van der Waals surface area contributed by atoms with Crippen LogP contribution < -0.4 is 5.32 Å². The van der Waals surface area contributed by atoms with E-state index in [4.69, 9.17) is 10.00 Å². The van der Waals surface area contributed by atoms with Crippen LogP contribution in [0, 0.1) is 21.4 Å². The highest BCUT2D eigenvalue weighted by molar-refractivity contribution is 5.71. The first kappa shape index (κ1) is 20.7. The molecular weight excluding hydrogens is 379 g/mol. The van der Waals surface area contributed by atoms with Crippen LogP contribution in [0.5, 0.6) is 0 Å². The van der Waals surface area contributed by atoms with Gasteiger partial charge >= 0.3 is 12.1 Å². The lowest BCUT2D eigenvalue weighted by Gasteiger charge is -2.10. The lowest BCUT2D eigenvalue weighted by molar-refractivity contribution is -0.384. The van der Waals surface area contributed by atoms with Crippen LogP contribution in [-0.2, 0) is 22.3 Å². The second kappa shape index (κ2) is 8.85. The van der Waals surface area contributed by atoms with Gasteiger partial charge in [0.05, 0.1) is 28.5 Å². The molecule has 0 aliphatic heterocycles. The maximum Gasteiger partial charge on any atom is 0.416 e. The quantitative estimate of drug-likeness (QED) is 0.433. The number of esters is 1. The first-order chi connectivity index (χ1) is 13.2. The van der Waals surface area contributed by atoms with Crippen molar-refractivity contribution in [2.24, 2.45) is 0 Å². The van der Waals surface area contributed by atoms with Crippen molar-refractivity contribution in [1.29, 1.82) is 5.26 Å². The molecule has 0 unspecified atom stereocenters. The van der Waals surface area contributed by atoms with Gasteiger partial charge in [0.15, 0.2) is 0 Å². The van der Waals surface area contributed by atoms with Crippen LogP contribution in [0.2, 0.25) is 0 Å². The number of ether oxygens (including phenoxy) is 1. The standard InChI is InChI=1S/C18H14F3N3O4/c19-18(20,21)14-5-6-15(16(9-14)24(26)27)23-8-7-17(25)28-11-13-3-1-12(10-22)2-4-13/h1-6,9,23H,7-8,11H2. The molecule has 0 heterocycles. The Balaban J connectivity index is 1.89. The molecule has 0 fully saturated rings. The Morgan fingerprint density at radius 1 is 1.21 bits per heavy atom. The number of hydrogen-bond donors (Lipinski definition) is 1. The highest BCUT2D eigenvalue weighted by Gasteiger charge is 2.33. The van der Waals surface area contributed by atoms with Crippen LogP contribution in [-0.4, -0.2) is 17.4 Å². The third-order valence-electron chi connectivity index (χ3n) is 3.65. The van der Waals surface area contributed by atoms with Crippen LogP contribution in [0.15, 0.2) is 42.5 Å². The normalized spacial score (nSPS) is 10.8. The molecule has 0 radical (unpaired) electrons. The van der Waals surface area contributed by atoms with E-state index in [1.54, 1.807) is 24.3 Å². The van der Waals surface area contributed by atoms with Crippen molar-refractivity contribution in [1.82, 2.24) is 0 Å². The van der Waals surface area contributed by atoms with Crippen LogP contribution in [0.4, 0.5) is 24.5 Å². The maximum atomic E-state index is 12.7. The molecule has 0 amide bonds. The summed E-state index contributed by atoms with van der Waals surface area (Å²) in [4.78, 5) is 21.8. The summed E-state index contributed by atoms with van der Waals surface area (Å²) in [6.45, 7) is -0.0661. The van der Waals surface area contributed by atoms with Gasteiger partial charge in [-0.1, -0.05) is 12.1 Å². The number of nitrogens with one attached hydrogen (secondary N) is 1. The van der Waals surface area contributed by atoms with E-state index in [1.165, 1.54) is 0 Å². The van der Waals surface area contributed by atoms with Gasteiger partial charge in [0.1, 0.15) is 12.3 Å². The number of nitriles is 1. The molecule has 10 heteroatoms. The molecule has 0 aromatic heterocycles. The number of carbonyl (C=O) groups is 1. The number of nitro benzene ring substituents is 1. The van der Waals surface area contributed by atoms with Gasteiger partial charge in [0.25, 0.3) is 5.69 Å². The van der Waals surface area contributed by atoms with Crippen molar-refractivity contribution in [2.75, 3.05) is 11.9 Å². The van der Waals surface area contributed by atoms with Crippen molar-refractivity contribution in [2.45, 2.75) is 19.2 Å². The molecule has 2 aromatic carbocycles. The fraction of sp³-hybridized carbons (Fsp3) is 0.222. The first-order valence-electron chi connectivity index (χ1n) is 7.95. The summed E-state index contributed by atoms with van der Waals surface area (Å²) < 4.78 is 43.0. The van der Waals surface area contributed by atoms with E-state index in [2.05, 4.69) is 5.32 Å². The number of halogens is 3. The zero-order valence-corrected chi connectivity index (χ0v) is 14.3. The predicted molar refractivity (Wildman–Crippen MR) is 92.2 cm³/mol. The summed E-state index contributed by atoms with van der Waals surface area (Å²) in [6.07, 6.45) is -4.84. The Bertz CT molecular complexity index is 906. The van der Waals surface area contributed by atoms with E-state index in [1.807, 2.05) is 6.07 Å². The molecule has 0 aliphatic carbocycles. The number of nitrogens with zero attached hydrogens (tertiary/aromatic N) is 2. The molecule has 0 saturated carbocycles. The fourth-order valence-corrected chi connectivity index (χ4v) is 2.22. The molecular formula is C18H14F3N3O4. The molecule has 0 spiro atoms. The number of anilines is 1. The highest BCUT2D eigenvalue weighted by Crippen LogP contribution is 2.34. The van der Waals surface area contributed by atoms with Crippen LogP contribution in [0.25, 0.3) is 0 Å². The van der Waals surface area contributed by atoms with Gasteiger partial charge in [-0.15, -0.1) is 0 Å². The highest BCUT2D eigenvalue weighted by atomic mass is 19.4. The number of rotatable bonds is 7.